The molecule has 0 aliphatic carbocycles. The van der Waals surface area contributed by atoms with Crippen molar-refractivity contribution in [2.24, 2.45) is 0 Å². The van der Waals surface area contributed by atoms with Gasteiger partial charge in [0, 0.05) is 13.5 Å². The third kappa shape index (κ3) is 6.97. The van der Waals surface area contributed by atoms with Gasteiger partial charge in [-0.3, -0.25) is 9.59 Å². The van der Waals surface area contributed by atoms with E-state index in [4.69, 9.17) is 9.47 Å². The molecule has 0 unspecified atom stereocenters. The molecular weight excluding hydrogens is 351 g/mol. The van der Waals surface area contributed by atoms with Crippen molar-refractivity contribution in [2.75, 3.05) is 26.8 Å². The number of methoxy groups -OCH3 is 1. The highest BCUT2D eigenvalue weighted by Crippen LogP contribution is 2.16. The van der Waals surface area contributed by atoms with E-state index < -0.39 is 0 Å². The Hall–Kier alpha value is -3.09. The van der Waals surface area contributed by atoms with Crippen LogP contribution in [0.5, 0.6) is 11.5 Å². The summed E-state index contributed by atoms with van der Waals surface area (Å²) in [5, 5.41) is 2.71. The smallest absolute Gasteiger partial charge is 0.239 e. The second-order valence-corrected chi connectivity index (χ2v) is 5.88. The molecule has 0 atom stereocenters. The van der Waals surface area contributed by atoms with E-state index in [0.717, 1.165) is 11.3 Å². The lowest BCUT2D eigenvalue weighted by atomic mass is 10.2. The van der Waals surface area contributed by atoms with Gasteiger partial charge >= 0.3 is 0 Å². The summed E-state index contributed by atoms with van der Waals surface area (Å²) in [4.78, 5) is 25.2. The van der Waals surface area contributed by atoms with E-state index in [-0.39, 0.29) is 30.7 Å². The third-order valence-electron chi connectivity index (χ3n) is 3.82. The van der Waals surface area contributed by atoms with Crippen molar-refractivity contribution >= 4 is 11.8 Å². The van der Waals surface area contributed by atoms with E-state index in [1.807, 2.05) is 0 Å². The molecule has 0 saturated heterocycles. The number of nitrogens with one attached hydrogen (secondary N) is 1. The van der Waals surface area contributed by atoms with Gasteiger partial charge in [-0.2, -0.15) is 0 Å². The lowest BCUT2D eigenvalue weighted by Crippen LogP contribution is -2.40. The highest BCUT2D eigenvalue weighted by atomic mass is 19.1. The van der Waals surface area contributed by atoms with E-state index in [9.17, 15) is 14.0 Å². The molecule has 2 rings (SSSR count). The largest absolute Gasteiger partial charge is 0.497 e. The molecule has 0 heterocycles. The standard InChI is InChI=1S/C20H23FN2O4/c1-15(24)23(13-16-3-5-17(21)6-4-16)14-20(25)22-11-12-27-19-9-7-18(26-2)8-10-19/h3-10H,11-14H2,1-2H3,(H,22,25). The molecule has 0 aliphatic rings. The predicted octanol–water partition coefficient (Wildman–Crippen LogP) is 2.38. The molecule has 1 N–H and O–H groups in total. The van der Waals surface area contributed by atoms with Crippen molar-refractivity contribution in [1.29, 1.82) is 0 Å². The summed E-state index contributed by atoms with van der Waals surface area (Å²) in [7, 11) is 1.59. The minimum Gasteiger partial charge on any atom is -0.497 e. The first-order chi connectivity index (χ1) is 13.0. The number of nitrogens with zero attached hydrogens (tertiary/aromatic N) is 1. The highest BCUT2D eigenvalue weighted by Gasteiger charge is 2.14. The molecule has 0 aromatic heterocycles. The van der Waals surface area contributed by atoms with E-state index in [2.05, 4.69) is 5.32 Å². The molecule has 2 aromatic carbocycles. The number of carbonyl (C=O) groups is 2. The Morgan fingerprint density at radius 2 is 1.67 bits per heavy atom. The topological polar surface area (TPSA) is 67.9 Å². The SMILES string of the molecule is COc1ccc(OCCNC(=O)CN(Cc2ccc(F)cc2)C(C)=O)cc1. The summed E-state index contributed by atoms with van der Waals surface area (Å²) >= 11 is 0. The van der Waals surface area contributed by atoms with Crippen molar-refractivity contribution in [3.63, 3.8) is 0 Å². The molecule has 0 bridgehead atoms. The highest BCUT2D eigenvalue weighted by molar-refractivity contribution is 5.83. The Labute approximate surface area is 157 Å². The fourth-order valence-corrected chi connectivity index (χ4v) is 2.35. The van der Waals surface area contributed by atoms with Gasteiger partial charge in [0.05, 0.1) is 20.2 Å². The van der Waals surface area contributed by atoms with E-state index in [0.29, 0.717) is 18.9 Å². The van der Waals surface area contributed by atoms with Crippen LogP contribution >= 0.6 is 0 Å². The second kappa shape index (κ2) is 10.2. The molecule has 7 heteroatoms. The summed E-state index contributed by atoms with van der Waals surface area (Å²) in [6.07, 6.45) is 0. The monoisotopic (exact) mass is 374 g/mol. The van der Waals surface area contributed by atoms with E-state index >= 15 is 0 Å². The first-order valence-electron chi connectivity index (χ1n) is 8.51. The zero-order valence-electron chi connectivity index (χ0n) is 15.4. The maximum absolute atomic E-state index is 13.0. The molecule has 0 aliphatic heterocycles. The van der Waals surface area contributed by atoms with Crippen molar-refractivity contribution in [3.05, 3.63) is 59.9 Å². The third-order valence-corrected chi connectivity index (χ3v) is 3.82. The first kappa shape index (κ1) is 20.2. The van der Waals surface area contributed by atoms with E-state index in [1.54, 1.807) is 43.5 Å². The van der Waals surface area contributed by atoms with Gasteiger partial charge in [0.25, 0.3) is 0 Å². The number of hydrogen-bond acceptors (Lipinski definition) is 4. The second-order valence-electron chi connectivity index (χ2n) is 5.88. The molecule has 6 nitrogen and oxygen atoms in total. The number of benzene rings is 2. The summed E-state index contributed by atoms with van der Waals surface area (Å²) in [5.41, 5.74) is 0.752. The van der Waals surface area contributed by atoms with Gasteiger partial charge in [-0.25, -0.2) is 4.39 Å². The number of rotatable bonds is 9. The minimum atomic E-state index is -0.345. The van der Waals surface area contributed by atoms with Crippen molar-refractivity contribution in [2.45, 2.75) is 13.5 Å². The Kier molecular flexibility index (Phi) is 7.61. The molecule has 0 fully saturated rings. The Bertz CT molecular complexity index is 748. The summed E-state index contributed by atoms with van der Waals surface area (Å²) in [6, 6.07) is 13.0. The number of halogens is 1. The number of ether oxygens (including phenoxy) is 2. The Balaban J connectivity index is 1.74. The zero-order valence-corrected chi connectivity index (χ0v) is 15.4. The van der Waals surface area contributed by atoms with E-state index in [1.165, 1.54) is 24.0 Å². The van der Waals surface area contributed by atoms with Crippen LogP contribution in [-0.2, 0) is 16.1 Å². The van der Waals surface area contributed by atoms with Crippen molar-refractivity contribution in [1.82, 2.24) is 10.2 Å². The van der Waals surface area contributed by atoms with Crippen LogP contribution in [0.1, 0.15) is 12.5 Å². The van der Waals surface area contributed by atoms with Crippen molar-refractivity contribution < 1.29 is 23.5 Å². The van der Waals surface area contributed by atoms with Crippen LogP contribution in [0.3, 0.4) is 0 Å². The Morgan fingerprint density at radius 1 is 1.04 bits per heavy atom. The van der Waals surface area contributed by atoms with Crippen molar-refractivity contribution in [3.8, 4) is 11.5 Å². The number of amides is 2. The van der Waals surface area contributed by atoms with Gasteiger partial charge in [0.2, 0.25) is 11.8 Å². The lowest BCUT2D eigenvalue weighted by Gasteiger charge is -2.20. The van der Waals surface area contributed by atoms with Gasteiger partial charge in [0.15, 0.2) is 0 Å². The van der Waals surface area contributed by atoms with Crippen LogP contribution < -0.4 is 14.8 Å². The maximum Gasteiger partial charge on any atom is 0.239 e. The molecule has 0 saturated carbocycles. The van der Waals surface area contributed by atoms with Crippen LogP contribution in [0.2, 0.25) is 0 Å². The first-order valence-corrected chi connectivity index (χ1v) is 8.51. The van der Waals surface area contributed by atoms with Gasteiger partial charge in [0.1, 0.15) is 23.9 Å². The summed E-state index contributed by atoms with van der Waals surface area (Å²) in [6.45, 7) is 2.17. The quantitative estimate of drug-likeness (QED) is 0.685. The summed E-state index contributed by atoms with van der Waals surface area (Å²) in [5.74, 6) is 0.546. The normalized spacial score (nSPS) is 10.2. The van der Waals surface area contributed by atoms with Crippen LogP contribution in [-0.4, -0.2) is 43.5 Å². The van der Waals surface area contributed by atoms with Gasteiger partial charge < -0.3 is 19.7 Å². The van der Waals surface area contributed by atoms with Crippen LogP contribution in [0.25, 0.3) is 0 Å². The predicted molar refractivity (Wildman–Crippen MR) is 99.0 cm³/mol. The van der Waals surface area contributed by atoms with Gasteiger partial charge in [-0.05, 0) is 42.0 Å². The summed E-state index contributed by atoms with van der Waals surface area (Å²) < 4.78 is 23.6. The van der Waals surface area contributed by atoms with Crippen LogP contribution in [0, 0.1) is 5.82 Å². The van der Waals surface area contributed by atoms with Gasteiger partial charge in [-0.15, -0.1) is 0 Å². The van der Waals surface area contributed by atoms with Crippen LogP contribution in [0.4, 0.5) is 4.39 Å². The fourth-order valence-electron chi connectivity index (χ4n) is 2.35. The number of carbonyl (C=O) groups excluding carboxylic acids is 2. The molecule has 2 amide bonds. The Morgan fingerprint density at radius 3 is 2.26 bits per heavy atom. The molecule has 144 valence electrons. The van der Waals surface area contributed by atoms with Crippen LogP contribution in [0.15, 0.2) is 48.5 Å². The average Bonchev–Trinajstić information content (AvgIpc) is 2.67. The molecule has 2 aromatic rings. The number of hydrogen-bond donors (Lipinski definition) is 1. The minimum absolute atomic E-state index is 0.0742. The molecule has 27 heavy (non-hydrogen) atoms. The molecule has 0 radical (unpaired) electrons. The lowest BCUT2D eigenvalue weighted by molar-refractivity contribution is -0.134. The molecule has 0 spiro atoms. The fraction of sp³-hybridized carbons (Fsp3) is 0.300. The molecular formula is C20H23FN2O4. The average molecular weight is 374 g/mol. The zero-order chi connectivity index (χ0) is 19.6. The maximum atomic E-state index is 13.0. The van der Waals surface area contributed by atoms with Gasteiger partial charge in [-0.1, -0.05) is 12.1 Å².